The van der Waals surface area contributed by atoms with Crippen molar-refractivity contribution >= 4 is 38.9 Å². The molecule has 1 unspecified atom stereocenters. The van der Waals surface area contributed by atoms with E-state index in [0.717, 1.165) is 10.8 Å². The molecule has 45 heavy (non-hydrogen) atoms. The number of nitriles is 1. The first kappa shape index (κ1) is 43.7. The fraction of sp³-hybridized carbons (Fsp3) is 0.765. The van der Waals surface area contributed by atoms with Crippen molar-refractivity contribution in [3.05, 3.63) is 34.7 Å². The molecular weight excluding hydrogens is 627 g/mol. The Labute approximate surface area is 282 Å². The van der Waals surface area contributed by atoms with Crippen molar-refractivity contribution in [1.29, 1.82) is 5.26 Å². The standard InChI is InChI=1S/C34H69N3O4Si4/c1-26(25-37(12)13)28(3)29(23-35)30(38)36-24-27(2)45(22,34(10,11)40-43(17,18)19)39-31(4,5)32(6,7)44(20,21)41-33(8,9)42(14,15)16/h25H,2,24H2,1,3-22H3,(H,36,38)/b26-25+,29-28+. The first-order valence-corrected chi connectivity index (χ1v) is 28.4. The molecule has 1 atom stereocenters. The molecule has 0 aromatic carbocycles. The van der Waals surface area contributed by atoms with E-state index in [-0.39, 0.29) is 22.4 Å². The third-order valence-corrected chi connectivity index (χ3v) is 25.1. The lowest BCUT2D eigenvalue weighted by Gasteiger charge is -2.58. The van der Waals surface area contributed by atoms with Gasteiger partial charge in [-0.25, -0.2) is 0 Å². The maximum atomic E-state index is 13.4. The maximum absolute atomic E-state index is 13.4. The van der Waals surface area contributed by atoms with Gasteiger partial charge in [-0.3, -0.25) is 4.79 Å². The summed E-state index contributed by atoms with van der Waals surface area (Å²) in [4.78, 5) is 15.3. The third kappa shape index (κ3) is 10.6. The van der Waals surface area contributed by atoms with E-state index in [0.29, 0.717) is 5.57 Å². The number of rotatable bonds is 16. The van der Waals surface area contributed by atoms with Gasteiger partial charge in [0.25, 0.3) is 5.91 Å². The van der Waals surface area contributed by atoms with Crippen LogP contribution in [0.4, 0.5) is 0 Å². The SMILES string of the molecule is C=C(CNC(=O)/C(C#N)=C(C)/C(C)=C/N(C)C)[Si](C)(OC(C)(C)C(C)(C)[Si](C)(C)OC(C)(C)[Si](C)(C)C)C(C)(C)O[Si](C)(C)C. The maximum Gasteiger partial charge on any atom is 0.262 e. The Balaban J connectivity index is 6.81. The normalized spacial score (nSPS) is 16.4. The molecule has 0 aromatic heterocycles. The first-order chi connectivity index (χ1) is 19.6. The predicted octanol–water partition coefficient (Wildman–Crippen LogP) is 8.70. The lowest BCUT2D eigenvalue weighted by atomic mass is 9.94. The molecule has 0 spiro atoms. The smallest absolute Gasteiger partial charge is 0.262 e. The zero-order valence-corrected chi connectivity index (χ0v) is 37.0. The van der Waals surface area contributed by atoms with Gasteiger partial charge >= 0.3 is 0 Å². The topological polar surface area (TPSA) is 83.8 Å². The Hall–Kier alpha value is -1.27. The molecule has 0 bridgehead atoms. The van der Waals surface area contributed by atoms with Crippen LogP contribution in [0.2, 0.25) is 64.0 Å². The lowest BCUT2D eigenvalue weighted by molar-refractivity contribution is -0.117. The van der Waals surface area contributed by atoms with Crippen molar-refractivity contribution < 1.29 is 18.1 Å². The van der Waals surface area contributed by atoms with Gasteiger partial charge in [0, 0.05) is 37.1 Å². The molecule has 0 aromatic rings. The molecule has 11 heteroatoms. The van der Waals surface area contributed by atoms with E-state index in [1.54, 1.807) is 6.92 Å². The van der Waals surface area contributed by atoms with Crippen LogP contribution in [0, 0.1) is 11.3 Å². The third-order valence-electron chi connectivity index (χ3n) is 10.4. The molecule has 0 aliphatic heterocycles. The van der Waals surface area contributed by atoms with Crippen molar-refractivity contribution in [3.63, 3.8) is 0 Å². The van der Waals surface area contributed by atoms with Crippen molar-refractivity contribution in [3.8, 4) is 6.07 Å². The summed E-state index contributed by atoms with van der Waals surface area (Å²) in [7, 11) is -5.25. The van der Waals surface area contributed by atoms with Gasteiger partial charge in [0.05, 0.1) is 18.9 Å². The van der Waals surface area contributed by atoms with Crippen LogP contribution in [-0.4, -0.2) is 80.5 Å². The molecule has 0 rings (SSSR count). The largest absolute Gasteiger partial charge is 0.415 e. The molecule has 0 fully saturated rings. The molecule has 0 saturated heterocycles. The van der Waals surface area contributed by atoms with Crippen LogP contribution < -0.4 is 5.32 Å². The van der Waals surface area contributed by atoms with Crippen LogP contribution in [0.5, 0.6) is 0 Å². The summed E-state index contributed by atoms with van der Waals surface area (Å²) in [6.07, 6.45) is 1.90. The number of amides is 1. The summed E-state index contributed by atoms with van der Waals surface area (Å²) < 4.78 is 21.5. The highest BCUT2D eigenvalue weighted by atomic mass is 28.4. The van der Waals surface area contributed by atoms with Crippen LogP contribution in [0.3, 0.4) is 0 Å². The second kappa shape index (κ2) is 14.5. The van der Waals surface area contributed by atoms with Crippen LogP contribution in [0.25, 0.3) is 0 Å². The van der Waals surface area contributed by atoms with Crippen molar-refractivity contribution in [2.75, 3.05) is 20.6 Å². The summed E-state index contributed by atoms with van der Waals surface area (Å²) >= 11 is 0. The molecule has 7 nitrogen and oxygen atoms in total. The van der Waals surface area contributed by atoms with E-state index >= 15 is 0 Å². The van der Waals surface area contributed by atoms with E-state index in [2.05, 4.69) is 132 Å². The van der Waals surface area contributed by atoms with Crippen molar-refractivity contribution in [2.24, 2.45) is 0 Å². The summed E-state index contributed by atoms with van der Waals surface area (Å²) in [5.41, 5.74) is 0.975. The van der Waals surface area contributed by atoms with Gasteiger partial charge in [-0.2, -0.15) is 5.26 Å². The summed E-state index contributed by atoms with van der Waals surface area (Å²) in [5.74, 6) is -0.418. The lowest BCUT2D eigenvalue weighted by Crippen LogP contribution is -2.68. The van der Waals surface area contributed by atoms with E-state index in [1.807, 2.05) is 32.1 Å². The molecular formula is C34H69N3O4Si4. The van der Waals surface area contributed by atoms with E-state index in [4.69, 9.17) is 13.3 Å². The molecule has 1 N–H and O–H groups in total. The number of hydrogen-bond acceptors (Lipinski definition) is 6. The number of nitrogens with one attached hydrogen (secondary N) is 1. The minimum Gasteiger partial charge on any atom is -0.415 e. The minimum atomic E-state index is -3.03. The van der Waals surface area contributed by atoms with Crippen LogP contribution in [-0.2, 0) is 18.1 Å². The number of carbonyl (C=O) groups is 1. The first-order valence-electron chi connectivity index (χ1n) is 16.2. The van der Waals surface area contributed by atoms with Crippen LogP contribution in [0.1, 0.15) is 69.2 Å². The predicted molar refractivity (Wildman–Crippen MR) is 203 cm³/mol. The Morgan fingerprint density at radius 3 is 1.69 bits per heavy atom. The zero-order valence-electron chi connectivity index (χ0n) is 33.0. The summed E-state index contributed by atoms with van der Waals surface area (Å²) in [6, 6.07) is 2.12. The summed E-state index contributed by atoms with van der Waals surface area (Å²) in [5, 5.41) is 12.6. The zero-order chi connectivity index (χ0) is 36.4. The van der Waals surface area contributed by atoms with Gasteiger partial charge in [0.2, 0.25) is 8.32 Å². The molecule has 0 saturated carbocycles. The quantitative estimate of drug-likeness (QED) is 0.0753. The van der Waals surface area contributed by atoms with Gasteiger partial charge in [-0.05, 0) is 111 Å². The summed E-state index contributed by atoms with van der Waals surface area (Å²) in [6.45, 7) is 46.5. The van der Waals surface area contributed by atoms with Gasteiger partial charge in [0.1, 0.15) is 11.6 Å². The fourth-order valence-corrected chi connectivity index (χ4v) is 16.5. The minimum absolute atomic E-state index is 0.0941. The Morgan fingerprint density at radius 1 is 0.844 bits per heavy atom. The van der Waals surface area contributed by atoms with Crippen LogP contribution in [0.15, 0.2) is 34.7 Å². The number of allylic oxidation sites excluding steroid dienone is 2. The molecule has 260 valence electrons. The molecule has 0 radical (unpaired) electrons. The average molecular weight is 696 g/mol. The number of hydrogen-bond donors (Lipinski definition) is 1. The highest BCUT2D eigenvalue weighted by molar-refractivity contribution is 6.84. The van der Waals surface area contributed by atoms with Gasteiger partial charge in [-0.15, -0.1) is 0 Å². The molecule has 0 aliphatic rings. The fourth-order valence-electron chi connectivity index (χ4n) is 5.20. The van der Waals surface area contributed by atoms with Crippen molar-refractivity contribution in [2.45, 2.75) is 149 Å². The van der Waals surface area contributed by atoms with Crippen LogP contribution >= 0.6 is 0 Å². The van der Waals surface area contributed by atoms with Gasteiger partial charge < -0.3 is 23.5 Å². The molecule has 1 amide bonds. The number of nitrogens with zero attached hydrogens (tertiary/aromatic N) is 2. The highest BCUT2D eigenvalue weighted by Crippen LogP contribution is 2.53. The van der Waals surface area contributed by atoms with Gasteiger partial charge in [0.15, 0.2) is 16.6 Å². The Kier molecular flexibility index (Phi) is 14.1. The second-order valence-electron chi connectivity index (χ2n) is 17.5. The van der Waals surface area contributed by atoms with Gasteiger partial charge in [-0.1, -0.05) is 40.1 Å². The van der Waals surface area contributed by atoms with E-state index in [9.17, 15) is 10.1 Å². The molecule has 0 aliphatic carbocycles. The van der Waals surface area contributed by atoms with E-state index in [1.165, 1.54) is 0 Å². The Morgan fingerprint density at radius 2 is 1.31 bits per heavy atom. The average Bonchev–Trinajstić information content (AvgIpc) is 2.78. The highest BCUT2D eigenvalue weighted by Gasteiger charge is 2.60. The second-order valence-corrected chi connectivity index (χ2v) is 36.3. The van der Waals surface area contributed by atoms with Crippen molar-refractivity contribution in [1.82, 2.24) is 10.2 Å². The Bertz CT molecular complexity index is 1200. The van der Waals surface area contributed by atoms with E-state index < -0.39 is 49.8 Å². The monoisotopic (exact) mass is 695 g/mol. The molecule has 0 heterocycles. The number of carbonyl (C=O) groups excluding carboxylic acids is 1.